The first-order chi connectivity index (χ1) is 15.9. The molecule has 33 heavy (non-hydrogen) atoms. The van der Waals surface area contributed by atoms with Crippen LogP contribution >= 0.6 is 0 Å². The van der Waals surface area contributed by atoms with Crippen LogP contribution in [0.25, 0.3) is 0 Å². The van der Waals surface area contributed by atoms with Crippen LogP contribution in [0.2, 0.25) is 0 Å². The van der Waals surface area contributed by atoms with Gasteiger partial charge in [0.25, 0.3) is 0 Å². The summed E-state index contributed by atoms with van der Waals surface area (Å²) in [5, 5.41) is 22.5. The van der Waals surface area contributed by atoms with E-state index in [1.807, 2.05) is 19.0 Å². The Labute approximate surface area is 191 Å². The lowest BCUT2D eigenvalue weighted by Crippen LogP contribution is -2.30. The van der Waals surface area contributed by atoms with Crippen LogP contribution in [0, 0.1) is 11.6 Å². The predicted octanol–water partition coefficient (Wildman–Crippen LogP) is 2.93. The molecule has 0 bridgehead atoms. The van der Waals surface area contributed by atoms with Gasteiger partial charge in [-0.25, -0.2) is 18.7 Å². The highest BCUT2D eigenvalue weighted by Crippen LogP contribution is 2.28. The Morgan fingerprint density at radius 1 is 1.06 bits per heavy atom. The van der Waals surface area contributed by atoms with E-state index in [2.05, 4.69) is 15.3 Å². The lowest BCUT2D eigenvalue weighted by atomic mass is 10.2. The third kappa shape index (κ3) is 7.07. The fourth-order valence-corrected chi connectivity index (χ4v) is 3.17. The lowest BCUT2D eigenvalue weighted by molar-refractivity contribution is 0.0831. The molecule has 2 aromatic carbocycles. The third-order valence-electron chi connectivity index (χ3n) is 4.60. The van der Waals surface area contributed by atoms with Crippen molar-refractivity contribution in [3.63, 3.8) is 0 Å². The van der Waals surface area contributed by atoms with Gasteiger partial charge >= 0.3 is 0 Å². The molecule has 0 aliphatic carbocycles. The van der Waals surface area contributed by atoms with E-state index in [4.69, 9.17) is 4.74 Å². The molecule has 0 radical (unpaired) electrons. The summed E-state index contributed by atoms with van der Waals surface area (Å²) in [6, 6.07) is 11.9. The first kappa shape index (κ1) is 24.3. The zero-order valence-corrected chi connectivity index (χ0v) is 18.4. The van der Waals surface area contributed by atoms with Gasteiger partial charge in [0.15, 0.2) is 0 Å². The summed E-state index contributed by atoms with van der Waals surface area (Å²) in [5.74, 6) is -0.0576. The molecule has 176 valence electrons. The average molecular weight is 459 g/mol. The second-order valence-electron chi connectivity index (χ2n) is 7.61. The molecule has 0 saturated heterocycles. The molecule has 0 aliphatic rings. The number of aliphatic hydroxyl groups is 2. The molecule has 1 heterocycles. The summed E-state index contributed by atoms with van der Waals surface area (Å²) in [7, 11) is 3.75. The fourth-order valence-electron chi connectivity index (χ4n) is 3.17. The molecular weight excluding hydrogens is 432 g/mol. The first-order valence-corrected chi connectivity index (χ1v) is 10.3. The molecule has 8 nitrogen and oxygen atoms in total. The largest absolute Gasteiger partial charge is 0.491 e. The van der Waals surface area contributed by atoms with E-state index in [0.717, 1.165) is 17.8 Å². The smallest absolute Gasteiger partial charge is 0.149 e. The predicted molar refractivity (Wildman–Crippen MR) is 122 cm³/mol. The number of nitrogens with one attached hydrogen (secondary N) is 1. The van der Waals surface area contributed by atoms with Gasteiger partial charge in [0, 0.05) is 30.9 Å². The Bertz CT molecular complexity index is 1040. The van der Waals surface area contributed by atoms with E-state index in [0.29, 0.717) is 23.9 Å². The van der Waals surface area contributed by atoms with Gasteiger partial charge in [0.05, 0.1) is 12.3 Å². The Hall–Kier alpha value is -3.34. The van der Waals surface area contributed by atoms with Crippen molar-refractivity contribution in [2.75, 3.05) is 50.6 Å². The summed E-state index contributed by atoms with van der Waals surface area (Å²) >= 11 is 0. The topological polar surface area (TPSA) is 94.0 Å². The molecule has 1 atom stereocenters. The minimum Gasteiger partial charge on any atom is -0.491 e. The Morgan fingerprint density at radius 3 is 2.48 bits per heavy atom. The van der Waals surface area contributed by atoms with E-state index < -0.39 is 17.7 Å². The van der Waals surface area contributed by atoms with Gasteiger partial charge in [-0.15, -0.1) is 0 Å². The van der Waals surface area contributed by atoms with Crippen molar-refractivity contribution >= 4 is 23.0 Å². The molecule has 0 amide bonds. The van der Waals surface area contributed by atoms with Crippen molar-refractivity contribution in [1.82, 2.24) is 14.9 Å². The first-order valence-electron chi connectivity index (χ1n) is 10.3. The van der Waals surface area contributed by atoms with Crippen molar-refractivity contribution in [3.8, 4) is 5.75 Å². The number of likely N-dealkylation sites (N-methyl/N-ethyl adjacent to an activating group) is 1. The minimum atomic E-state index is -0.761. The fraction of sp³-hybridized carbons (Fsp3) is 0.304. The van der Waals surface area contributed by atoms with Crippen LogP contribution in [-0.4, -0.2) is 71.6 Å². The number of benzene rings is 2. The van der Waals surface area contributed by atoms with E-state index >= 15 is 0 Å². The lowest BCUT2D eigenvalue weighted by Gasteiger charge is -2.23. The number of hydrogen-bond donors (Lipinski definition) is 3. The van der Waals surface area contributed by atoms with Crippen molar-refractivity contribution in [2.24, 2.45) is 0 Å². The second-order valence-corrected chi connectivity index (χ2v) is 7.61. The maximum atomic E-state index is 14.3. The van der Waals surface area contributed by atoms with Crippen LogP contribution in [0.15, 0.2) is 54.9 Å². The molecule has 0 saturated carbocycles. The van der Waals surface area contributed by atoms with Crippen molar-refractivity contribution in [1.29, 1.82) is 0 Å². The monoisotopic (exact) mass is 459 g/mol. The van der Waals surface area contributed by atoms with E-state index in [9.17, 15) is 19.0 Å². The molecule has 1 aromatic heterocycles. The Balaban J connectivity index is 1.70. The third-order valence-corrected chi connectivity index (χ3v) is 4.60. The minimum absolute atomic E-state index is 0.0602. The van der Waals surface area contributed by atoms with Crippen LogP contribution in [0.5, 0.6) is 5.75 Å². The zero-order chi connectivity index (χ0) is 23.8. The van der Waals surface area contributed by atoms with Crippen LogP contribution < -0.4 is 15.0 Å². The van der Waals surface area contributed by atoms with Gasteiger partial charge in [-0.05, 0) is 50.5 Å². The maximum Gasteiger partial charge on any atom is 0.149 e. The highest BCUT2D eigenvalue weighted by atomic mass is 19.1. The summed E-state index contributed by atoms with van der Waals surface area (Å²) in [5.41, 5.74) is 0.815. The Kier molecular flexibility index (Phi) is 8.47. The van der Waals surface area contributed by atoms with Crippen molar-refractivity contribution in [2.45, 2.75) is 6.10 Å². The molecule has 3 aromatic rings. The summed E-state index contributed by atoms with van der Waals surface area (Å²) in [6.07, 6.45) is 0.720. The van der Waals surface area contributed by atoms with E-state index in [1.165, 1.54) is 17.3 Å². The second kappa shape index (κ2) is 11.5. The number of nitrogens with zero attached hydrogens (tertiary/aromatic N) is 4. The number of aliphatic hydroxyl groups excluding tert-OH is 2. The summed E-state index contributed by atoms with van der Waals surface area (Å²) < 4.78 is 33.2. The molecular formula is C23H27F2N5O3. The molecule has 0 fully saturated rings. The van der Waals surface area contributed by atoms with Gasteiger partial charge in [-0.3, -0.25) is 0 Å². The highest BCUT2D eigenvalue weighted by molar-refractivity contribution is 5.65. The van der Waals surface area contributed by atoms with E-state index in [1.54, 1.807) is 30.3 Å². The molecule has 10 heteroatoms. The van der Waals surface area contributed by atoms with E-state index in [-0.39, 0.29) is 25.4 Å². The van der Waals surface area contributed by atoms with Gasteiger partial charge < -0.3 is 30.1 Å². The Morgan fingerprint density at radius 2 is 1.82 bits per heavy atom. The number of halogens is 2. The van der Waals surface area contributed by atoms with Crippen LogP contribution in [0.4, 0.5) is 31.8 Å². The average Bonchev–Trinajstić information content (AvgIpc) is 2.77. The number of hydrogen-bond acceptors (Lipinski definition) is 8. The summed E-state index contributed by atoms with van der Waals surface area (Å²) in [4.78, 5) is 11.7. The molecule has 3 N–H and O–H groups in total. The maximum absolute atomic E-state index is 14.3. The quantitative estimate of drug-likeness (QED) is 0.403. The van der Waals surface area contributed by atoms with Crippen LogP contribution in [0.3, 0.4) is 0 Å². The summed E-state index contributed by atoms with van der Waals surface area (Å²) in [6.45, 7) is 0.491. The van der Waals surface area contributed by atoms with Gasteiger partial charge in [0.2, 0.25) is 0 Å². The standard InChI is InChI=1S/C23H27F2N5O3/c1-29(2)13-18(32)14-33-19-6-4-17(5-7-19)28-22-12-23(27-15-26-22)30(9-10-31)21-8-3-16(24)11-20(21)25/h3-8,11-12,15,18,31-32H,9-10,13-14H2,1-2H3,(H,26,27,28). The van der Waals surface area contributed by atoms with Gasteiger partial charge in [-0.1, -0.05) is 0 Å². The zero-order valence-electron chi connectivity index (χ0n) is 18.4. The number of ether oxygens (including phenoxy) is 1. The molecule has 0 spiro atoms. The number of anilines is 4. The van der Waals surface area contributed by atoms with Gasteiger partial charge in [-0.2, -0.15) is 0 Å². The van der Waals surface area contributed by atoms with Crippen molar-refractivity contribution < 1.29 is 23.7 Å². The van der Waals surface area contributed by atoms with Gasteiger partial charge in [0.1, 0.15) is 48.1 Å². The SMILES string of the molecule is CN(C)CC(O)COc1ccc(Nc2cc(N(CCO)c3ccc(F)cc3F)ncn2)cc1. The van der Waals surface area contributed by atoms with Crippen LogP contribution in [0.1, 0.15) is 0 Å². The molecule has 1 unspecified atom stereocenters. The van der Waals surface area contributed by atoms with Crippen molar-refractivity contribution in [3.05, 3.63) is 66.5 Å². The number of rotatable bonds is 11. The van der Waals surface area contributed by atoms with Crippen LogP contribution in [-0.2, 0) is 0 Å². The molecule has 0 aliphatic heterocycles. The number of aromatic nitrogens is 2. The molecule has 3 rings (SSSR count). The normalized spacial score (nSPS) is 12.0. The highest BCUT2D eigenvalue weighted by Gasteiger charge is 2.16.